The largest absolute Gasteiger partial charge is 0.381 e. The van der Waals surface area contributed by atoms with E-state index in [4.69, 9.17) is 16.3 Å². The molecule has 15 heavy (non-hydrogen) atoms. The van der Waals surface area contributed by atoms with Crippen LogP contribution in [0.1, 0.15) is 34.7 Å². The number of hydrogen-bond donors (Lipinski definition) is 0. The number of hydrogen-bond acceptors (Lipinski definition) is 3. The molecule has 0 N–H and O–H groups in total. The summed E-state index contributed by atoms with van der Waals surface area (Å²) in [5, 5.41) is 0.300. The smallest absolute Gasteiger partial charge is 0.153 e. The zero-order chi connectivity index (χ0) is 10.7. The van der Waals surface area contributed by atoms with Gasteiger partial charge in [-0.2, -0.15) is 0 Å². The van der Waals surface area contributed by atoms with Crippen LogP contribution in [0.5, 0.6) is 0 Å². The Morgan fingerprint density at radius 3 is 2.87 bits per heavy atom. The lowest BCUT2D eigenvalue weighted by Gasteiger charge is -2.23. The Hall–Kier alpha value is -0.930. The minimum absolute atomic E-state index is 0.300. The average molecular weight is 226 g/mol. The van der Waals surface area contributed by atoms with E-state index in [1.165, 1.54) is 0 Å². The van der Waals surface area contributed by atoms with Crippen molar-refractivity contribution in [3.63, 3.8) is 0 Å². The van der Waals surface area contributed by atoms with Crippen LogP contribution in [0.2, 0.25) is 5.15 Å². The third-order valence-corrected chi connectivity index (χ3v) is 3.06. The van der Waals surface area contributed by atoms with Crippen molar-refractivity contribution in [1.82, 2.24) is 4.98 Å². The van der Waals surface area contributed by atoms with Crippen LogP contribution in [-0.4, -0.2) is 24.5 Å². The van der Waals surface area contributed by atoms with Gasteiger partial charge in [-0.15, -0.1) is 0 Å². The summed E-state index contributed by atoms with van der Waals surface area (Å²) in [6.45, 7) is 1.51. The Bertz CT molecular complexity index is 362. The minimum atomic E-state index is 0.300. The number of carbonyl (C=O) groups is 1. The number of halogens is 1. The molecule has 3 nitrogen and oxygen atoms in total. The number of aldehydes is 1. The molecule has 1 aliphatic rings. The van der Waals surface area contributed by atoms with E-state index in [1.54, 1.807) is 6.20 Å². The normalized spacial score (nSPS) is 17.7. The molecule has 0 radical (unpaired) electrons. The summed E-state index contributed by atoms with van der Waals surface area (Å²) in [7, 11) is 0. The van der Waals surface area contributed by atoms with Gasteiger partial charge in [-0.25, -0.2) is 4.98 Å². The molecular weight excluding hydrogens is 214 g/mol. The maximum Gasteiger partial charge on any atom is 0.153 e. The monoisotopic (exact) mass is 225 g/mol. The third-order valence-electron chi connectivity index (χ3n) is 2.75. The minimum Gasteiger partial charge on any atom is -0.381 e. The Labute approximate surface area is 93.4 Å². The fraction of sp³-hybridized carbons (Fsp3) is 0.455. The lowest BCUT2D eigenvalue weighted by molar-refractivity contribution is 0.0849. The molecule has 0 amide bonds. The van der Waals surface area contributed by atoms with E-state index in [2.05, 4.69) is 4.98 Å². The van der Waals surface area contributed by atoms with Crippen LogP contribution in [0.15, 0.2) is 12.3 Å². The summed E-state index contributed by atoms with van der Waals surface area (Å²) in [6, 6.07) is 1.88. The zero-order valence-corrected chi connectivity index (χ0v) is 9.04. The molecule has 2 heterocycles. The second-order valence-corrected chi connectivity index (χ2v) is 3.97. The van der Waals surface area contributed by atoms with Gasteiger partial charge in [0.1, 0.15) is 5.15 Å². The molecule has 0 aromatic carbocycles. The lowest BCUT2D eigenvalue weighted by Crippen LogP contribution is -2.15. The van der Waals surface area contributed by atoms with Crippen molar-refractivity contribution in [2.45, 2.75) is 18.8 Å². The number of rotatable bonds is 2. The van der Waals surface area contributed by atoms with Crippen molar-refractivity contribution >= 4 is 17.9 Å². The van der Waals surface area contributed by atoms with E-state index < -0.39 is 0 Å². The van der Waals surface area contributed by atoms with Gasteiger partial charge >= 0.3 is 0 Å². The number of nitrogens with zero attached hydrogens (tertiary/aromatic N) is 1. The fourth-order valence-corrected chi connectivity index (χ4v) is 2.15. The van der Waals surface area contributed by atoms with Crippen molar-refractivity contribution in [2.75, 3.05) is 13.2 Å². The average Bonchev–Trinajstić information content (AvgIpc) is 2.30. The van der Waals surface area contributed by atoms with Gasteiger partial charge in [0.2, 0.25) is 0 Å². The van der Waals surface area contributed by atoms with Crippen LogP contribution in [-0.2, 0) is 4.74 Å². The van der Waals surface area contributed by atoms with Gasteiger partial charge < -0.3 is 4.74 Å². The summed E-state index contributed by atoms with van der Waals surface area (Å²) in [4.78, 5) is 14.8. The van der Waals surface area contributed by atoms with Gasteiger partial charge in [0, 0.05) is 19.4 Å². The van der Waals surface area contributed by atoms with Gasteiger partial charge in [-0.1, -0.05) is 11.6 Å². The number of carbonyl (C=O) groups excluding carboxylic acids is 1. The molecule has 0 spiro atoms. The second kappa shape index (κ2) is 4.73. The van der Waals surface area contributed by atoms with E-state index in [1.807, 2.05) is 6.07 Å². The molecule has 4 heteroatoms. The number of aromatic nitrogens is 1. The highest BCUT2D eigenvalue weighted by Gasteiger charge is 2.20. The van der Waals surface area contributed by atoms with Crippen LogP contribution < -0.4 is 0 Å². The maximum absolute atomic E-state index is 10.9. The van der Waals surface area contributed by atoms with Crippen LogP contribution in [0.4, 0.5) is 0 Å². The number of pyridine rings is 1. The SMILES string of the molecule is O=Cc1c(C2CCOCC2)ccnc1Cl. The molecule has 1 aromatic rings. The fourth-order valence-electron chi connectivity index (χ4n) is 1.94. The molecule has 0 saturated carbocycles. The molecule has 80 valence electrons. The highest BCUT2D eigenvalue weighted by atomic mass is 35.5. The van der Waals surface area contributed by atoms with Crippen LogP contribution in [0.3, 0.4) is 0 Å². The molecule has 0 atom stereocenters. The van der Waals surface area contributed by atoms with E-state index in [0.29, 0.717) is 16.6 Å². The molecule has 0 unspecified atom stereocenters. The topological polar surface area (TPSA) is 39.2 Å². The first kappa shape index (κ1) is 10.6. The summed E-state index contributed by atoms with van der Waals surface area (Å²) in [5.41, 5.74) is 1.54. The number of ether oxygens (including phenoxy) is 1. The third kappa shape index (κ3) is 2.19. The molecule has 1 fully saturated rings. The predicted molar refractivity (Wildman–Crippen MR) is 57.4 cm³/mol. The highest BCUT2D eigenvalue weighted by Crippen LogP contribution is 2.30. The lowest BCUT2D eigenvalue weighted by atomic mass is 9.90. The van der Waals surface area contributed by atoms with E-state index in [0.717, 1.165) is 37.9 Å². The molecule has 1 aliphatic heterocycles. The van der Waals surface area contributed by atoms with Gasteiger partial charge in [0.05, 0.1) is 5.56 Å². The molecule has 1 saturated heterocycles. The maximum atomic E-state index is 10.9. The van der Waals surface area contributed by atoms with Gasteiger partial charge in [0.25, 0.3) is 0 Å². The van der Waals surface area contributed by atoms with Crippen molar-refractivity contribution in [3.05, 3.63) is 28.5 Å². The molecule has 0 bridgehead atoms. The summed E-state index contributed by atoms with van der Waals surface area (Å²) >= 11 is 5.88. The van der Waals surface area contributed by atoms with Crippen LogP contribution in [0, 0.1) is 0 Å². The Balaban J connectivity index is 2.33. The van der Waals surface area contributed by atoms with Crippen molar-refractivity contribution < 1.29 is 9.53 Å². The Kier molecular flexibility index (Phi) is 3.34. The van der Waals surface area contributed by atoms with E-state index in [9.17, 15) is 4.79 Å². The standard InChI is InChI=1S/C11H12ClNO2/c12-11-10(7-14)9(1-4-13-11)8-2-5-15-6-3-8/h1,4,7-8H,2-3,5-6H2. The summed E-state index contributed by atoms with van der Waals surface area (Å²) in [5.74, 6) is 0.374. The summed E-state index contributed by atoms with van der Waals surface area (Å²) in [6.07, 6.45) is 4.34. The van der Waals surface area contributed by atoms with Gasteiger partial charge in [-0.3, -0.25) is 4.79 Å². The molecular formula is C11H12ClNO2. The quantitative estimate of drug-likeness (QED) is 0.573. The first-order valence-corrected chi connectivity index (χ1v) is 5.38. The summed E-state index contributed by atoms with van der Waals surface area (Å²) < 4.78 is 5.29. The molecule has 0 aliphatic carbocycles. The first-order valence-electron chi connectivity index (χ1n) is 5.00. The van der Waals surface area contributed by atoms with Crippen molar-refractivity contribution in [3.8, 4) is 0 Å². The van der Waals surface area contributed by atoms with Gasteiger partial charge in [-0.05, 0) is 30.4 Å². The van der Waals surface area contributed by atoms with E-state index >= 15 is 0 Å². The first-order chi connectivity index (χ1) is 7.33. The van der Waals surface area contributed by atoms with Gasteiger partial charge in [0.15, 0.2) is 6.29 Å². The van der Waals surface area contributed by atoms with Crippen LogP contribution >= 0.6 is 11.6 Å². The predicted octanol–water partition coefficient (Wildman–Crippen LogP) is 2.44. The zero-order valence-electron chi connectivity index (χ0n) is 8.28. The second-order valence-electron chi connectivity index (χ2n) is 3.61. The molecule has 2 rings (SSSR count). The Morgan fingerprint density at radius 2 is 2.20 bits per heavy atom. The molecule has 1 aromatic heterocycles. The van der Waals surface area contributed by atoms with E-state index in [-0.39, 0.29) is 0 Å². The Morgan fingerprint density at radius 1 is 1.47 bits per heavy atom. The van der Waals surface area contributed by atoms with Crippen LogP contribution in [0.25, 0.3) is 0 Å². The van der Waals surface area contributed by atoms with Crippen molar-refractivity contribution in [2.24, 2.45) is 0 Å². The van der Waals surface area contributed by atoms with Crippen molar-refractivity contribution in [1.29, 1.82) is 0 Å². The highest BCUT2D eigenvalue weighted by molar-refractivity contribution is 6.31.